The Morgan fingerprint density at radius 3 is 2.34 bits per heavy atom. The second-order valence-electron chi connectivity index (χ2n) is 8.28. The van der Waals surface area contributed by atoms with Crippen molar-refractivity contribution < 1.29 is 26.4 Å². The number of urea groups is 1. The Bertz CT molecular complexity index is 1290. The van der Waals surface area contributed by atoms with Gasteiger partial charge in [-0.3, -0.25) is 0 Å². The number of hydrogen-bond acceptors (Lipinski definition) is 4. The molecular formula is C23H26F3N5O3S. The average Bonchev–Trinajstić information content (AvgIpc) is 3.22. The predicted molar refractivity (Wildman–Crippen MR) is 127 cm³/mol. The number of nitrogens with one attached hydrogen (secondary N) is 3. The number of amides is 2. The fourth-order valence-electron chi connectivity index (χ4n) is 3.19. The third-order valence-electron chi connectivity index (χ3n) is 5.04. The number of hydrogen-bond donors (Lipinski definition) is 3. The molecule has 0 aliphatic rings. The summed E-state index contributed by atoms with van der Waals surface area (Å²) in [7, 11) is -3.33. The van der Waals surface area contributed by atoms with Gasteiger partial charge in [-0.25, -0.2) is 22.6 Å². The molecular weight excluding hydrogens is 483 g/mol. The third kappa shape index (κ3) is 7.55. The first-order valence-electron chi connectivity index (χ1n) is 10.7. The van der Waals surface area contributed by atoms with E-state index in [9.17, 15) is 26.4 Å². The van der Waals surface area contributed by atoms with E-state index in [4.69, 9.17) is 0 Å². The Morgan fingerprint density at radius 2 is 1.74 bits per heavy atom. The highest BCUT2D eigenvalue weighted by molar-refractivity contribution is 7.88. The van der Waals surface area contributed by atoms with Gasteiger partial charge in [-0.2, -0.15) is 18.3 Å². The van der Waals surface area contributed by atoms with Gasteiger partial charge in [-0.15, -0.1) is 0 Å². The summed E-state index contributed by atoms with van der Waals surface area (Å²) in [6.07, 6.45) is -3.58. The monoisotopic (exact) mass is 509 g/mol. The summed E-state index contributed by atoms with van der Waals surface area (Å²) in [5.74, 6) is 0.175. The molecule has 0 fully saturated rings. The number of aromatic nitrogens is 2. The Kier molecular flexibility index (Phi) is 7.86. The normalized spacial score (nSPS) is 12.1. The van der Waals surface area contributed by atoms with Crippen molar-refractivity contribution in [2.75, 3.05) is 11.6 Å². The molecule has 12 heteroatoms. The molecule has 0 atom stereocenters. The number of sulfonamides is 1. The van der Waals surface area contributed by atoms with E-state index >= 15 is 0 Å². The van der Waals surface area contributed by atoms with Gasteiger partial charge >= 0.3 is 12.2 Å². The summed E-state index contributed by atoms with van der Waals surface area (Å²) in [5, 5.41) is 8.87. The van der Waals surface area contributed by atoms with Gasteiger partial charge in [0.1, 0.15) is 0 Å². The van der Waals surface area contributed by atoms with Crippen LogP contribution >= 0.6 is 0 Å². The van der Waals surface area contributed by atoms with Crippen LogP contribution in [0.25, 0.3) is 5.69 Å². The molecule has 188 valence electrons. The number of carbonyl (C=O) groups is 1. The van der Waals surface area contributed by atoms with E-state index in [-0.39, 0.29) is 24.7 Å². The molecule has 35 heavy (non-hydrogen) atoms. The van der Waals surface area contributed by atoms with E-state index in [2.05, 4.69) is 20.5 Å². The van der Waals surface area contributed by atoms with E-state index in [0.29, 0.717) is 16.9 Å². The van der Waals surface area contributed by atoms with Crippen LogP contribution in [0.2, 0.25) is 0 Å². The van der Waals surface area contributed by atoms with Crippen LogP contribution in [0, 0.1) is 0 Å². The molecule has 0 radical (unpaired) electrons. The SMILES string of the molecule is CC(C)c1cccc(-n2nc(C(F)(F)F)cc2CNC(=O)Nc2ccc(CNS(C)(=O)=O)cc2)c1. The number of carbonyl (C=O) groups excluding carboxylic acids is 1. The molecule has 3 N–H and O–H groups in total. The van der Waals surface area contributed by atoms with E-state index in [1.807, 2.05) is 19.9 Å². The molecule has 2 amide bonds. The fraction of sp³-hybridized carbons (Fsp3) is 0.304. The maximum atomic E-state index is 13.3. The van der Waals surface area contributed by atoms with Gasteiger partial charge in [-0.05, 0) is 47.4 Å². The first kappa shape index (κ1) is 26.2. The second kappa shape index (κ2) is 10.5. The van der Waals surface area contributed by atoms with Gasteiger partial charge in [-0.1, -0.05) is 38.1 Å². The van der Waals surface area contributed by atoms with E-state index in [0.717, 1.165) is 17.9 Å². The smallest absolute Gasteiger partial charge is 0.332 e. The van der Waals surface area contributed by atoms with Crippen LogP contribution < -0.4 is 15.4 Å². The van der Waals surface area contributed by atoms with Crippen LogP contribution in [0.15, 0.2) is 54.6 Å². The lowest BCUT2D eigenvalue weighted by Gasteiger charge is -2.12. The molecule has 3 aromatic rings. The first-order chi connectivity index (χ1) is 16.3. The molecule has 0 unspecified atom stereocenters. The molecule has 0 saturated carbocycles. The van der Waals surface area contributed by atoms with Crippen molar-refractivity contribution in [3.8, 4) is 5.69 Å². The van der Waals surface area contributed by atoms with Crippen molar-refractivity contribution in [1.29, 1.82) is 0 Å². The number of alkyl halides is 3. The van der Waals surface area contributed by atoms with Crippen LogP contribution in [-0.2, 0) is 29.3 Å². The molecule has 0 aliphatic carbocycles. The molecule has 0 bridgehead atoms. The van der Waals surface area contributed by atoms with E-state index in [1.165, 1.54) is 4.68 Å². The largest absolute Gasteiger partial charge is 0.435 e. The van der Waals surface area contributed by atoms with Crippen LogP contribution in [0.5, 0.6) is 0 Å². The van der Waals surface area contributed by atoms with Crippen LogP contribution in [0.4, 0.5) is 23.7 Å². The molecule has 1 heterocycles. The van der Waals surface area contributed by atoms with Crippen LogP contribution in [-0.4, -0.2) is 30.5 Å². The zero-order valence-corrected chi connectivity index (χ0v) is 20.2. The van der Waals surface area contributed by atoms with Crippen molar-refractivity contribution in [2.45, 2.75) is 39.0 Å². The van der Waals surface area contributed by atoms with Crippen molar-refractivity contribution in [3.63, 3.8) is 0 Å². The predicted octanol–water partition coefficient (Wildman–Crippen LogP) is 4.39. The first-order valence-corrected chi connectivity index (χ1v) is 12.6. The summed E-state index contributed by atoms with van der Waals surface area (Å²) < 4.78 is 65.9. The minimum Gasteiger partial charge on any atom is -0.332 e. The summed E-state index contributed by atoms with van der Waals surface area (Å²) in [4.78, 5) is 12.4. The molecule has 8 nitrogen and oxygen atoms in total. The molecule has 1 aromatic heterocycles. The van der Waals surface area contributed by atoms with Crippen molar-refractivity contribution >= 4 is 21.7 Å². The number of anilines is 1. The summed E-state index contributed by atoms with van der Waals surface area (Å²) in [5.41, 5.74) is 1.63. The van der Waals surface area contributed by atoms with Crippen LogP contribution in [0.3, 0.4) is 0 Å². The lowest BCUT2D eigenvalue weighted by molar-refractivity contribution is -0.141. The quantitative estimate of drug-likeness (QED) is 0.419. The van der Waals surface area contributed by atoms with Gasteiger partial charge in [0, 0.05) is 12.2 Å². The van der Waals surface area contributed by atoms with E-state index < -0.39 is 27.9 Å². The highest BCUT2D eigenvalue weighted by atomic mass is 32.2. The minimum atomic E-state index is -4.63. The second-order valence-corrected chi connectivity index (χ2v) is 10.1. The summed E-state index contributed by atoms with van der Waals surface area (Å²) in [6, 6.07) is 13.8. The molecule has 0 aliphatic heterocycles. The highest BCUT2D eigenvalue weighted by Crippen LogP contribution is 2.30. The maximum absolute atomic E-state index is 13.3. The summed E-state index contributed by atoms with van der Waals surface area (Å²) in [6.45, 7) is 3.86. The van der Waals surface area contributed by atoms with Gasteiger partial charge in [0.05, 0.1) is 24.2 Å². The molecule has 0 spiro atoms. The third-order valence-corrected chi connectivity index (χ3v) is 5.70. The number of halogens is 3. The highest BCUT2D eigenvalue weighted by Gasteiger charge is 2.35. The van der Waals surface area contributed by atoms with Gasteiger partial charge in [0.25, 0.3) is 0 Å². The molecule has 2 aromatic carbocycles. The number of benzene rings is 2. The zero-order chi connectivity index (χ0) is 25.8. The Morgan fingerprint density at radius 1 is 1.06 bits per heavy atom. The summed E-state index contributed by atoms with van der Waals surface area (Å²) >= 11 is 0. The molecule has 0 saturated heterocycles. The van der Waals surface area contributed by atoms with Crippen molar-refractivity contribution in [3.05, 3.63) is 77.1 Å². The van der Waals surface area contributed by atoms with Crippen molar-refractivity contribution in [2.24, 2.45) is 0 Å². The number of nitrogens with zero attached hydrogens (tertiary/aromatic N) is 2. The molecule has 3 rings (SSSR count). The Labute approximate surface area is 201 Å². The zero-order valence-electron chi connectivity index (χ0n) is 19.3. The van der Waals surface area contributed by atoms with E-state index in [1.54, 1.807) is 42.5 Å². The topological polar surface area (TPSA) is 105 Å². The maximum Gasteiger partial charge on any atom is 0.435 e. The van der Waals surface area contributed by atoms with Crippen molar-refractivity contribution in [1.82, 2.24) is 19.8 Å². The van der Waals surface area contributed by atoms with Gasteiger partial charge in [0.2, 0.25) is 10.0 Å². The Balaban J connectivity index is 1.71. The van der Waals surface area contributed by atoms with Gasteiger partial charge in [0.15, 0.2) is 5.69 Å². The number of rotatable bonds is 8. The van der Waals surface area contributed by atoms with Gasteiger partial charge < -0.3 is 10.6 Å². The Hall–Kier alpha value is -3.38. The standard InChI is InChI=1S/C23H26F3N5O3S/c1-15(2)17-5-4-6-19(11-17)31-20(12-21(30-31)23(24,25)26)14-27-22(32)29-18-9-7-16(8-10-18)13-28-35(3,33)34/h4-12,15,28H,13-14H2,1-3H3,(H2,27,29,32). The lowest BCUT2D eigenvalue weighted by atomic mass is 10.0. The minimum absolute atomic E-state index is 0.106. The average molecular weight is 510 g/mol. The van der Waals surface area contributed by atoms with Crippen LogP contribution in [0.1, 0.15) is 42.3 Å². The fourth-order valence-corrected chi connectivity index (χ4v) is 3.62. The lowest BCUT2D eigenvalue weighted by Crippen LogP contribution is -2.29.